The zero-order valence-electron chi connectivity index (χ0n) is 13.5. The molecule has 0 atom stereocenters. The fourth-order valence-electron chi connectivity index (χ4n) is 2.73. The van der Waals surface area contributed by atoms with Crippen LogP contribution in [0.4, 0.5) is 0 Å². The zero-order chi connectivity index (χ0) is 16.3. The van der Waals surface area contributed by atoms with Crippen molar-refractivity contribution in [3.63, 3.8) is 0 Å². The molecule has 24 heavy (non-hydrogen) atoms. The molecule has 0 spiro atoms. The highest BCUT2D eigenvalue weighted by molar-refractivity contribution is 7.13. The minimum absolute atomic E-state index is 0. The minimum Gasteiger partial charge on any atom is -0.350 e. The van der Waals surface area contributed by atoms with Crippen LogP contribution >= 0.6 is 35.3 Å². The Balaban J connectivity index is 0.00000208. The SMILES string of the molecule is CC1(CNC(=O)c2csc(-c3ccccc3Cl)n2)CCNCC1.Cl. The average molecular weight is 386 g/mol. The summed E-state index contributed by atoms with van der Waals surface area (Å²) >= 11 is 7.63. The summed E-state index contributed by atoms with van der Waals surface area (Å²) in [6.45, 7) is 4.94. The molecule has 0 saturated carbocycles. The molecule has 3 rings (SSSR count). The Morgan fingerprint density at radius 2 is 2.08 bits per heavy atom. The van der Waals surface area contributed by atoms with Crippen LogP contribution in [0.25, 0.3) is 10.6 Å². The van der Waals surface area contributed by atoms with Crippen molar-refractivity contribution in [1.29, 1.82) is 0 Å². The normalized spacial score (nSPS) is 16.2. The maximum Gasteiger partial charge on any atom is 0.270 e. The molecule has 2 aromatic rings. The van der Waals surface area contributed by atoms with Crippen molar-refractivity contribution in [2.45, 2.75) is 19.8 Å². The Bertz CT molecular complexity index is 699. The molecule has 7 heteroatoms. The predicted octanol–water partition coefficient (Wildman–Crippen LogP) is 4.00. The van der Waals surface area contributed by atoms with Gasteiger partial charge in [0, 0.05) is 17.5 Å². The number of hydrogen-bond acceptors (Lipinski definition) is 4. The molecular weight excluding hydrogens is 365 g/mol. The van der Waals surface area contributed by atoms with E-state index in [4.69, 9.17) is 11.6 Å². The number of hydrogen-bond donors (Lipinski definition) is 2. The van der Waals surface area contributed by atoms with Crippen LogP contribution in [0.15, 0.2) is 29.6 Å². The van der Waals surface area contributed by atoms with Crippen molar-refractivity contribution >= 4 is 41.3 Å². The molecule has 0 bridgehead atoms. The number of nitrogens with one attached hydrogen (secondary N) is 2. The second-order valence-corrected chi connectivity index (χ2v) is 7.53. The summed E-state index contributed by atoms with van der Waals surface area (Å²) in [4.78, 5) is 16.8. The van der Waals surface area contributed by atoms with Gasteiger partial charge in [-0.25, -0.2) is 4.98 Å². The van der Waals surface area contributed by atoms with Crippen LogP contribution in [-0.2, 0) is 0 Å². The van der Waals surface area contributed by atoms with Gasteiger partial charge in [0.1, 0.15) is 10.7 Å². The van der Waals surface area contributed by atoms with Crippen molar-refractivity contribution < 1.29 is 4.79 Å². The number of nitrogens with zero attached hydrogens (tertiary/aromatic N) is 1. The van der Waals surface area contributed by atoms with Gasteiger partial charge in [0.05, 0.1) is 5.02 Å². The molecule has 2 heterocycles. The quantitative estimate of drug-likeness (QED) is 0.835. The fourth-order valence-corrected chi connectivity index (χ4v) is 3.85. The van der Waals surface area contributed by atoms with E-state index >= 15 is 0 Å². The molecule has 1 aromatic heterocycles. The molecule has 1 saturated heterocycles. The standard InChI is InChI=1S/C17H20ClN3OS.ClH/c1-17(6-8-19-9-7-17)11-20-15(22)14-10-23-16(21-14)12-4-2-3-5-13(12)18;/h2-5,10,19H,6-9,11H2,1H3,(H,20,22);1H. The van der Waals surface area contributed by atoms with Gasteiger partial charge in [0.25, 0.3) is 5.91 Å². The van der Waals surface area contributed by atoms with Crippen LogP contribution in [0.5, 0.6) is 0 Å². The Labute approximate surface area is 157 Å². The van der Waals surface area contributed by atoms with Crippen LogP contribution < -0.4 is 10.6 Å². The molecule has 0 radical (unpaired) electrons. The molecular formula is C17H21Cl2N3OS. The first-order chi connectivity index (χ1) is 11.1. The molecule has 1 fully saturated rings. The smallest absolute Gasteiger partial charge is 0.270 e. The molecule has 0 unspecified atom stereocenters. The van der Waals surface area contributed by atoms with Crippen LogP contribution in [-0.4, -0.2) is 30.5 Å². The first kappa shape index (κ1) is 19.2. The van der Waals surface area contributed by atoms with Gasteiger partial charge < -0.3 is 10.6 Å². The lowest BCUT2D eigenvalue weighted by Gasteiger charge is -2.34. The van der Waals surface area contributed by atoms with Gasteiger partial charge in [-0.2, -0.15) is 0 Å². The van der Waals surface area contributed by atoms with E-state index in [2.05, 4.69) is 22.5 Å². The third kappa shape index (κ3) is 4.48. The largest absolute Gasteiger partial charge is 0.350 e. The number of halogens is 2. The minimum atomic E-state index is -0.112. The zero-order valence-corrected chi connectivity index (χ0v) is 15.9. The lowest BCUT2D eigenvalue weighted by Crippen LogP contribution is -2.42. The molecule has 1 aliphatic heterocycles. The molecule has 1 aromatic carbocycles. The number of rotatable bonds is 4. The molecule has 4 nitrogen and oxygen atoms in total. The summed E-state index contributed by atoms with van der Waals surface area (Å²) in [5.41, 5.74) is 1.49. The topological polar surface area (TPSA) is 54.0 Å². The monoisotopic (exact) mass is 385 g/mol. The first-order valence-electron chi connectivity index (χ1n) is 7.77. The fraction of sp³-hybridized carbons (Fsp3) is 0.412. The van der Waals surface area contributed by atoms with Gasteiger partial charge in [-0.05, 0) is 37.4 Å². The van der Waals surface area contributed by atoms with Crippen LogP contribution in [0, 0.1) is 5.41 Å². The third-order valence-electron chi connectivity index (χ3n) is 4.33. The van der Waals surface area contributed by atoms with E-state index in [1.54, 1.807) is 5.38 Å². The Hall–Kier alpha value is -1.14. The van der Waals surface area contributed by atoms with E-state index in [0.717, 1.165) is 36.5 Å². The van der Waals surface area contributed by atoms with E-state index in [9.17, 15) is 4.79 Å². The van der Waals surface area contributed by atoms with Crippen molar-refractivity contribution in [2.24, 2.45) is 5.41 Å². The Morgan fingerprint density at radius 3 is 2.79 bits per heavy atom. The lowest BCUT2D eigenvalue weighted by atomic mass is 9.81. The van der Waals surface area contributed by atoms with Crippen molar-refractivity contribution in [3.05, 3.63) is 40.4 Å². The first-order valence-corrected chi connectivity index (χ1v) is 9.03. The van der Waals surface area contributed by atoms with Gasteiger partial charge >= 0.3 is 0 Å². The summed E-state index contributed by atoms with van der Waals surface area (Å²) in [7, 11) is 0. The van der Waals surface area contributed by atoms with E-state index in [1.165, 1.54) is 11.3 Å². The number of amides is 1. The van der Waals surface area contributed by atoms with E-state index in [1.807, 2.05) is 24.3 Å². The highest BCUT2D eigenvalue weighted by Gasteiger charge is 2.27. The van der Waals surface area contributed by atoms with Gasteiger partial charge in [0.2, 0.25) is 0 Å². The number of thiazole rings is 1. The molecule has 130 valence electrons. The number of aromatic nitrogens is 1. The summed E-state index contributed by atoms with van der Waals surface area (Å²) < 4.78 is 0. The number of piperidine rings is 1. The second kappa shape index (κ2) is 8.30. The van der Waals surface area contributed by atoms with Gasteiger partial charge in [-0.3, -0.25) is 4.79 Å². The van der Waals surface area contributed by atoms with Crippen molar-refractivity contribution in [3.8, 4) is 10.6 Å². The number of carbonyl (C=O) groups excluding carboxylic acids is 1. The van der Waals surface area contributed by atoms with Crippen LogP contribution in [0.2, 0.25) is 5.02 Å². The highest BCUT2D eigenvalue weighted by atomic mass is 35.5. The molecule has 0 aliphatic carbocycles. The second-order valence-electron chi connectivity index (χ2n) is 6.26. The molecule has 1 aliphatic rings. The third-order valence-corrected chi connectivity index (χ3v) is 5.53. The van der Waals surface area contributed by atoms with E-state index in [-0.39, 0.29) is 23.7 Å². The van der Waals surface area contributed by atoms with Gasteiger partial charge in [0.15, 0.2) is 0 Å². The predicted molar refractivity (Wildman–Crippen MR) is 102 cm³/mol. The lowest BCUT2D eigenvalue weighted by molar-refractivity contribution is 0.0918. The molecule has 2 N–H and O–H groups in total. The summed E-state index contributed by atoms with van der Waals surface area (Å²) in [5, 5.41) is 9.59. The maximum absolute atomic E-state index is 12.3. The van der Waals surface area contributed by atoms with Gasteiger partial charge in [-0.15, -0.1) is 23.7 Å². The van der Waals surface area contributed by atoms with Gasteiger partial charge in [-0.1, -0.05) is 36.7 Å². The summed E-state index contributed by atoms with van der Waals surface area (Å²) in [6, 6.07) is 7.54. The molecule has 1 amide bonds. The summed E-state index contributed by atoms with van der Waals surface area (Å²) in [6.07, 6.45) is 2.16. The van der Waals surface area contributed by atoms with Crippen LogP contribution in [0.1, 0.15) is 30.3 Å². The number of carbonyl (C=O) groups is 1. The van der Waals surface area contributed by atoms with E-state index < -0.39 is 0 Å². The van der Waals surface area contributed by atoms with Crippen molar-refractivity contribution in [1.82, 2.24) is 15.6 Å². The van der Waals surface area contributed by atoms with Crippen LogP contribution in [0.3, 0.4) is 0 Å². The number of benzene rings is 1. The highest BCUT2D eigenvalue weighted by Crippen LogP contribution is 2.30. The van der Waals surface area contributed by atoms with Crippen molar-refractivity contribution in [2.75, 3.05) is 19.6 Å². The summed E-state index contributed by atoms with van der Waals surface area (Å²) in [5.74, 6) is -0.112. The Morgan fingerprint density at radius 1 is 1.38 bits per heavy atom. The Kier molecular flexibility index (Phi) is 6.63. The average Bonchev–Trinajstić information content (AvgIpc) is 3.04. The maximum atomic E-state index is 12.3. The van der Waals surface area contributed by atoms with E-state index in [0.29, 0.717) is 17.3 Å².